The molecule has 1 saturated carbocycles. The quantitative estimate of drug-likeness (QED) is 0.933. The van der Waals surface area contributed by atoms with Gasteiger partial charge in [-0.3, -0.25) is 0 Å². The Kier molecular flexibility index (Phi) is 4.11. The fourth-order valence-corrected chi connectivity index (χ4v) is 3.72. The number of benzene rings is 1. The number of hydrogen-bond acceptors (Lipinski definition) is 2. The van der Waals surface area contributed by atoms with E-state index in [1.54, 1.807) is 0 Å². The number of nitrogens with two attached hydrogens (primary N) is 1. The van der Waals surface area contributed by atoms with Gasteiger partial charge in [-0.05, 0) is 25.3 Å². The molecule has 0 saturated heterocycles. The second kappa shape index (κ2) is 5.37. The third-order valence-corrected chi connectivity index (χ3v) is 5.19. The third kappa shape index (κ3) is 2.98. The van der Waals surface area contributed by atoms with E-state index in [4.69, 9.17) is 5.14 Å². The van der Waals surface area contributed by atoms with E-state index < -0.39 is 38.5 Å². The molecular weight excluding hydrogens is 291 g/mol. The second-order valence-electron chi connectivity index (χ2n) is 5.18. The molecule has 0 aliphatic heterocycles. The van der Waals surface area contributed by atoms with Crippen LogP contribution in [0.25, 0.3) is 0 Å². The standard InChI is InChI=1S/C13H16F3NO2S/c14-12-7-2-1-6-11(12)13(15,16)9-4-3-5-10(8-9)20(17,18)19/h1-2,6-7,9-10H,3-5,8H2,(H2,17,18,19). The molecule has 2 atom stereocenters. The van der Waals surface area contributed by atoms with E-state index in [-0.39, 0.29) is 19.3 Å². The molecule has 3 nitrogen and oxygen atoms in total. The molecule has 0 spiro atoms. The van der Waals surface area contributed by atoms with Crippen LogP contribution < -0.4 is 5.14 Å². The predicted molar refractivity (Wildman–Crippen MR) is 69.1 cm³/mol. The van der Waals surface area contributed by atoms with Crippen LogP contribution in [0.3, 0.4) is 0 Å². The first kappa shape index (κ1) is 15.3. The first-order valence-corrected chi connectivity index (χ1v) is 7.98. The number of rotatable bonds is 3. The molecule has 1 aromatic rings. The van der Waals surface area contributed by atoms with Gasteiger partial charge in [0.1, 0.15) is 5.82 Å². The summed E-state index contributed by atoms with van der Waals surface area (Å²) in [5.74, 6) is -5.58. The molecule has 20 heavy (non-hydrogen) atoms. The smallest absolute Gasteiger partial charge is 0.228 e. The van der Waals surface area contributed by atoms with Gasteiger partial charge in [0.25, 0.3) is 5.92 Å². The lowest BCUT2D eigenvalue weighted by atomic mass is 9.81. The number of primary sulfonamides is 1. The fourth-order valence-electron chi connectivity index (χ4n) is 2.72. The Hall–Kier alpha value is -1.08. The lowest BCUT2D eigenvalue weighted by Gasteiger charge is -2.33. The SMILES string of the molecule is NS(=O)(=O)C1CCCC(C(F)(F)c2ccccc2F)C1. The molecule has 0 heterocycles. The summed E-state index contributed by atoms with van der Waals surface area (Å²) < 4.78 is 65.0. The van der Waals surface area contributed by atoms with Gasteiger partial charge < -0.3 is 0 Å². The molecule has 0 amide bonds. The minimum Gasteiger partial charge on any atom is -0.228 e. The first-order valence-electron chi connectivity index (χ1n) is 6.37. The van der Waals surface area contributed by atoms with Crippen LogP contribution in [0.4, 0.5) is 13.2 Å². The van der Waals surface area contributed by atoms with E-state index >= 15 is 0 Å². The lowest BCUT2D eigenvalue weighted by molar-refractivity contribution is -0.0798. The zero-order valence-electron chi connectivity index (χ0n) is 10.7. The lowest BCUT2D eigenvalue weighted by Crippen LogP contribution is -2.38. The van der Waals surface area contributed by atoms with Gasteiger partial charge in [-0.2, -0.15) is 0 Å². The fraction of sp³-hybridized carbons (Fsp3) is 0.538. The molecule has 0 bridgehead atoms. The predicted octanol–water partition coefficient (Wildman–Crippen LogP) is 2.76. The minimum atomic E-state index is -3.84. The molecule has 2 N–H and O–H groups in total. The highest BCUT2D eigenvalue weighted by atomic mass is 32.2. The van der Waals surface area contributed by atoms with Crippen LogP contribution in [0.5, 0.6) is 0 Å². The van der Waals surface area contributed by atoms with Crippen molar-refractivity contribution < 1.29 is 21.6 Å². The molecule has 1 aliphatic rings. The van der Waals surface area contributed by atoms with Crippen LogP contribution >= 0.6 is 0 Å². The van der Waals surface area contributed by atoms with E-state index in [1.165, 1.54) is 12.1 Å². The summed E-state index contributed by atoms with van der Waals surface area (Å²) in [4.78, 5) is 0. The molecular formula is C13H16F3NO2S. The summed E-state index contributed by atoms with van der Waals surface area (Å²) >= 11 is 0. The van der Waals surface area contributed by atoms with E-state index in [9.17, 15) is 21.6 Å². The zero-order chi connectivity index (χ0) is 15.0. The highest BCUT2D eigenvalue weighted by Gasteiger charge is 2.46. The summed E-state index contributed by atoms with van der Waals surface area (Å²) in [5, 5.41) is 4.06. The van der Waals surface area contributed by atoms with Gasteiger partial charge in [-0.1, -0.05) is 24.6 Å². The van der Waals surface area contributed by atoms with Crippen LogP contribution in [0, 0.1) is 11.7 Å². The van der Waals surface area contributed by atoms with Crippen LogP contribution in [0.15, 0.2) is 24.3 Å². The van der Waals surface area contributed by atoms with E-state index in [2.05, 4.69) is 0 Å². The van der Waals surface area contributed by atoms with Gasteiger partial charge in [-0.25, -0.2) is 26.7 Å². The minimum absolute atomic E-state index is 0.160. The Morgan fingerprint density at radius 1 is 1.20 bits per heavy atom. The van der Waals surface area contributed by atoms with Crippen LogP contribution in [-0.2, 0) is 15.9 Å². The van der Waals surface area contributed by atoms with Crippen molar-refractivity contribution in [1.82, 2.24) is 0 Å². The molecule has 0 radical (unpaired) electrons. The average molecular weight is 307 g/mol. The maximum Gasteiger partial charge on any atom is 0.278 e. The highest BCUT2D eigenvalue weighted by Crippen LogP contribution is 2.45. The molecule has 0 aromatic heterocycles. The summed E-state index contributed by atoms with van der Waals surface area (Å²) in [6, 6.07) is 4.69. The molecule has 112 valence electrons. The average Bonchev–Trinajstić information content (AvgIpc) is 2.38. The van der Waals surface area contributed by atoms with Crippen LogP contribution in [0.1, 0.15) is 31.2 Å². The largest absolute Gasteiger partial charge is 0.278 e. The summed E-state index contributed by atoms with van der Waals surface area (Å²) in [6.07, 6.45) is 0.548. The van der Waals surface area contributed by atoms with Crippen molar-refractivity contribution in [3.63, 3.8) is 0 Å². The third-order valence-electron chi connectivity index (χ3n) is 3.84. The maximum atomic E-state index is 14.4. The number of alkyl halides is 2. The maximum absolute atomic E-state index is 14.4. The Morgan fingerprint density at radius 2 is 1.85 bits per heavy atom. The molecule has 1 aliphatic carbocycles. The topological polar surface area (TPSA) is 60.2 Å². The van der Waals surface area contributed by atoms with Crippen LogP contribution in [0.2, 0.25) is 0 Å². The summed E-state index contributed by atoms with van der Waals surface area (Å²) in [7, 11) is -3.84. The van der Waals surface area contributed by atoms with Gasteiger partial charge in [0, 0.05) is 5.92 Å². The zero-order valence-corrected chi connectivity index (χ0v) is 11.5. The molecule has 7 heteroatoms. The Bertz CT molecular complexity index is 589. The second-order valence-corrected chi connectivity index (χ2v) is 7.02. The van der Waals surface area contributed by atoms with Crippen molar-refractivity contribution in [1.29, 1.82) is 0 Å². The Balaban J connectivity index is 2.28. The highest BCUT2D eigenvalue weighted by molar-refractivity contribution is 7.89. The number of sulfonamides is 1. The van der Waals surface area contributed by atoms with Gasteiger partial charge in [0.05, 0.1) is 10.8 Å². The van der Waals surface area contributed by atoms with Crippen molar-refractivity contribution in [2.45, 2.75) is 36.9 Å². The van der Waals surface area contributed by atoms with E-state index in [0.29, 0.717) is 6.42 Å². The van der Waals surface area contributed by atoms with Gasteiger partial charge in [0.2, 0.25) is 10.0 Å². The monoisotopic (exact) mass is 307 g/mol. The van der Waals surface area contributed by atoms with E-state index in [1.807, 2.05) is 0 Å². The molecule has 2 rings (SSSR count). The van der Waals surface area contributed by atoms with Crippen LogP contribution in [-0.4, -0.2) is 13.7 Å². The molecule has 1 aromatic carbocycles. The van der Waals surface area contributed by atoms with Gasteiger partial charge in [-0.15, -0.1) is 0 Å². The van der Waals surface area contributed by atoms with Crippen molar-refractivity contribution in [2.24, 2.45) is 11.1 Å². The summed E-state index contributed by atoms with van der Waals surface area (Å²) in [6.45, 7) is 0. The van der Waals surface area contributed by atoms with Crippen molar-refractivity contribution >= 4 is 10.0 Å². The number of hydrogen-bond donors (Lipinski definition) is 1. The Labute approximate surface area is 116 Å². The number of halogens is 3. The van der Waals surface area contributed by atoms with Gasteiger partial charge >= 0.3 is 0 Å². The Morgan fingerprint density at radius 3 is 2.45 bits per heavy atom. The normalized spacial score (nSPS) is 24.6. The van der Waals surface area contributed by atoms with Crippen molar-refractivity contribution in [3.8, 4) is 0 Å². The summed E-state index contributed by atoms with van der Waals surface area (Å²) in [5.41, 5.74) is -0.680. The first-order chi connectivity index (χ1) is 9.23. The molecule has 1 fully saturated rings. The van der Waals surface area contributed by atoms with E-state index in [0.717, 1.165) is 12.1 Å². The van der Waals surface area contributed by atoms with Crippen molar-refractivity contribution in [2.75, 3.05) is 0 Å². The molecule has 2 unspecified atom stereocenters. The van der Waals surface area contributed by atoms with Gasteiger partial charge in [0.15, 0.2) is 0 Å². The van der Waals surface area contributed by atoms with Crippen molar-refractivity contribution in [3.05, 3.63) is 35.6 Å².